The number of carbonyl (C=O) groups excluding carboxylic acids is 1. The summed E-state index contributed by atoms with van der Waals surface area (Å²) in [5, 5.41) is 3.44. The highest BCUT2D eigenvalue weighted by molar-refractivity contribution is 5.79. The van der Waals surface area contributed by atoms with E-state index in [4.69, 9.17) is 0 Å². The van der Waals surface area contributed by atoms with Crippen molar-refractivity contribution < 1.29 is 4.79 Å². The van der Waals surface area contributed by atoms with Crippen LogP contribution in [0.4, 0.5) is 0 Å². The van der Waals surface area contributed by atoms with Crippen molar-refractivity contribution in [3.05, 3.63) is 0 Å². The number of piperazine rings is 1. The first-order valence-corrected chi connectivity index (χ1v) is 8.00. The third kappa shape index (κ3) is 2.95. The van der Waals surface area contributed by atoms with Crippen LogP contribution in [0.5, 0.6) is 0 Å². The number of nitrogens with one attached hydrogen (secondary N) is 1. The largest absolute Gasteiger partial charge is 0.340 e. The van der Waals surface area contributed by atoms with Gasteiger partial charge in [-0.25, -0.2) is 0 Å². The molecule has 0 aromatic carbocycles. The van der Waals surface area contributed by atoms with Gasteiger partial charge < -0.3 is 10.2 Å². The predicted molar refractivity (Wildman–Crippen MR) is 76.0 cm³/mol. The average Bonchev–Trinajstić information content (AvgIpc) is 2.46. The summed E-state index contributed by atoms with van der Waals surface area (Å²) < 4.78 is 0. The van der Waals surface area contributed by atoms with Crippen molar-refractivity contribution in [3.8, 4) is 0 Å². The van der Waals surface area contributed by atoms with Crippen LogP contribution in [0, 0.1) is 5.92 Å². The highest BCUT2D eigenvalue weighted by Gasteiger charge is 2.34. The quantitative estimate of drug-likeness (QED) is 0.770. The lowest BCUT2D eigenvalue weighted by atomic mass is 9.91. The van der Waals surface area contributed by atoms with Crippen molar-refractivity contribution in [2.24, 2.45) is 5.92 Å². The van der Waals surface area contributed by atoms with Crippen LogP contribution in [0.15, 0.2) is 0 Å². The third-order valence-electron chi connectivity index (χ3n) is 5.12. The Balaban J connectivity index is 1.58. The maximum atomic E-state index is 12.7. The zero-order valence-electron chi connectivity index (χ0n) is 12.1. The average molecular weight is 265 g/mol. The summed E-state index contributed by atoms with van der Waals surface area (Å²) in [7, 11) is 0. The van der Waals surface area contributed by atoms with Gasteiger partial charge in [0, 0.05) is 37.6 Å². The van der Waals surface area contributed by atoms with E-state index in [0.29, 0.717) is 18.0 Å². The van der Waals surface area contributed by atoms with Gasteiger partial charge in [0.05, 0.1) is 0 Å². The van der Waals surface area contributed by atoms with E-state index in [1.165, 1.54) is 25.8 Å². The van der Waals surface area contributed by atoms with Crippen molar-refractivity contribution >= 4 is 5.91 Å². The molecular formula is C15H27N3O. The summed E-state index contributed by atoms with van der Waals surface area (Å²) in [6, 6.07) is 1.14. The Bertz CT molecular complexity index is 333. The molecule has 4 heteroatoms. The van der Waals surface area contributed by atoms with Gasteiger partial charge in [0.15, 0.2) is 0 Å². The first-order chi connectivity index (χ1) is 9.24. The Morgan fingerprint density at radius 3 is 2.89 bits per heavy atom. The van der Waals surface area contributed by atoms with Crippen molar-refractivity contribution in [1.82, 2.24) is 15.1 Å². The molecule has 0 aliphatic carbocycles. The molecule has 0 aromatic rings. The number of fused-ring (bicyclic) bond motifs is 1. The highest BCUT2D eigenvalue weighted by atomic mass is 16.2. The SMILES string of the molecule is CC1CC(C(=O)N2CCN3CCCCC3C2)CCN1. The van der Waals surface area contributed by atoms with Gasteiger partial charge >= 0.3 is 0 Å². The van der Waals surface area contributed by atoms with Crippen LogP contribution < -0.4 is 5.32 Å². The van der Waals surface area contributed by atoms with Crippen LogP contribution in [-0.2, 0) is 4.79 Å². The second kappa shape index (κ2) is 5.80. The van der Waals surface area contributed by atoms with Crippen LogP contribution in [0.2, 0.25) is 0 Å². The molecule has 3 saturated heterocycles. The van der Waals surface area contributed by atoms with Crippen molar-refractivity contribution in [1.29, 1.82) is 0 Å². The van der Waals surface area contributed by atoms with Crippen molar-refractivity contribution in [3.63, 3.8) is 0 Å². The van der Waals surface area contributed by atoms with Crippen LogP contribution in [0.25, 0.3) is 0 Å². The summed E-state index contributed by atoms with van der Waals surface area (Å²) in [6.45, 7) is 7.47. The second-order valence-electron chi connectivity index (χ2n) is 6.55. The predicted octanol–water partition coefficient (Wildman–Crippen LogP) is 1.07. The van der Waals surface area contributed by atoms with Crippen LogP contribution in [0.1, 0.15) is 39.0 Å². The van der Waals surface area contributed by atoms with Gasteiger partial charge in [0.25, 0.3) is 0 Å². The van der Waals surface area contributed by atoms with Gasteiger partial charge in [0.2, 0.25) is 5.91 Å². The summed E-state index contributed by atoms with van der Waals surface area (Å²) in [4.78, 5) is 17.4. The molecule has 0 radical (unpaired) electrons. The maximum absolute atomic E-state index is 12.7. The molecule has 0 bridgehead atoms. The maximum Gasteiger partial charge on any atom is 0.225 e. The van der Waals surface area contributed by atoms with Crippen LogP contribution in [-0.4, -0.2) is 60.5 Å². The Kier molecular flexibility index (Phi) is 4.08. The molecule has 19 heavy (non-hydrogen) atoms. The number of hydrogen-bond donors (Lipinski definition) is 1. The van der Waals surface area contributed by atoms with Crippen LogP contribution >= 0.6 is 0 Å². The minimum atomic E-state index is 0.270. The van der Waals surface area contributed by atoms with Gasteiger partial charge in [-0.1, -0.05) is 6.42 Å². The topological polar surface area (TPSA) is 35.6 Å². The van der Waals surface area contributed by atoms with Gasteiger partial charge in [-0.15, -0.1) is 0 Å². The molecule has 3 fully saturated rings. The molecule has 4 nitrogen and oxygen atoms in total. The number of nitrogens with zero attached hydrogens (tertiary/aromatic N) is 2. The molecule has 3 aliphatic rings. The summed E-state index contributed by atoms with van der Waals surface area (Å²) >= 11 is 0. The lowest BCUT2D eigenvalue weighted by Crippen LogP contribution is -2.57. The first-order valence-electron chi connectivity index (χ1n) is 8.00. The number of hydrogen-bond acceptors (Lipinski definition) is 3. The number of carbonyl (C=O) groups is 1. The number of amides is 1. The molecule has 3 unspecified atom stereocenters. The standard InChI is InChI=1S/C15H27N3O/c1-12-10-13(5-6-16-12)15(19)18-9-8-17-7-3-2-4-14(17)11-18/h12-14,16H,2-11H2,1H3. The van der Waals surface area contributed by atoms with E-state index >= 15 is 0 Å². The van der Waals surface area contributed by atoms with Gasteiger partial charge in [-0.2, -0.15) is 0 Å². The smallest absolute Gasteiger partial charge is 0.225 e. The molecule has 3 heterocycles. The zero-order valence-corrected chi connectivity index (χ0v) is 12.1. The number of piperidine rings is 2. The molecule has 108 valence electrons. The van der Waals surface area contributed by atoms with Gasteiger partial charge in [-0.05, 0) is 45.7 Å². The minimum absolute atomic E-state index is 0.270. The molecule has 3 aliphatic heterocycles. The van der Waals surface area contributed by atoms with E-state index in [-0.39, 0.29) is 5.92 Å². The van der Waals surface area contributed by atoms with Gasteiger partial charge in [0.1, 0.15) is 0 Å². The summed E-state index contributed by atoms with van der Waals surface area (Å²) in [6.07, 6.45) is 6.01. The summed E-state index contributed by atoms with van der Waals surface area (Å²) in [5.74, 6) is 0.699. The normalized spacial score (nSPS) is 36.9. The fourth-order valence-corrected chi connectivity index (χ4v) is 3.97. The van der Waals surface area contributed by atoms with E-state index in [0.717, 1.165) is 39.0 Å². The fourth-order valence-electron chi connectivity index (χ4n) is 3.97. The van der Waals surface area contributed by atoms with E-state index in [2.05, 4.69) is 22.0 Å². The highest BCUT2D eigenvalue weighted by Crippen LogP contribution is 2.24. The first kappa shape index (κ1) is 13.4. The van der Waals surface area contributed by atoms with E-state index < -0.39 is 0 Å². The zero-order chi connectivity index (χ0) is 13.2. The fraction of sp³-hybridized carbons (Fsp3) is 0.933. The minimum Gasteiger partial charge on any atom is -0.340 e. The lowest BCUT2D eigenvalue weighted by Gasteiger charge is -2.45. The van der Waals surface area contributed by atoms with Crippen molar-refractivity contribution in [2.45, 2.75) is 51.1 Å². The molecule has 0 spiro atoms. The van der Waals surface area contributed by atoms with E-state index in [9.17, 15) is 4.79 Å². The molecule has 0 aromatic heterocycles. The van der Waals surface area contributed by atoms with Gasteiger partial charge in [-0.3, -0.25) is 9.69 Å². The Morgan fingerprint density at radius 2 is 2.05 bits per heavy atom. The molecule has 3 rings (SSSR count). The third-order valence-corrected chi connectivity index (χ3v) is 5.12. The van der Waals surface area contributed by atoms with Crippen LogP contribution in [0.3, 0.4) is 0 Å². The van der Waals surface area contributed by atoms with Crippen molar-refractivity contribution in [2.75, 3.05) is 32.7 Å². The number of rotatable bonds is 1. The Morgan fingerprint density at radius 1 is 1.16 bits per heavy atom. The Hall–Kier alpha value is -0.610. The summed E-state index contributed by atoms with van der Waals surface area (Å²) in [5.41, 5.74) is 0. The monoisotopic (exact) mass is 265 g/mol. The molecule has 3 atom stereocenters. The molecule has 1 amide bonds. The van der Waals surface area contributed by atoms with E-state index in [1.54, 1.807) is 0 Å². The molecule has 0 saturated carbocycles. The molecular weight excluding hydrogens is 238 g/mol. The Labute approximate surface area is 116 Å². The lowest BCUT2D eigenvalue weighted by molar-refractivity contribution is -0.140. The second-order valence-corrected chi connectivity index (χ2v) is 6.55. The molecule has 1 N–H and O–H groups in total. The van der Waals surface area contributed by atoms with E-state index in [1.807, 2.05) is 0 Å².